The second-order valence-corrected chi connectivity index (χ2v) is 7.33. The molecule has 4 rings (SSSR count). The molecule has 2 heterocycles. The minimum atomic E-state index is -0.249. The molecule has 3 aromatic rings. The smallest absolute Gasteiger partial charge is 0.275 e. The van der Waals surface area contributed by atoms with Crippen LogP contribution in [0.4, 0.5) is 11.5 Å². The average molecular weight is 387 g/mol. The van der Waals surface area contributed by atoms with Crippen molar-refractivity contribution in [3.05, 3.63) is 83.8 Å². The SMILES string of the molecule is Cc1ccc(NC(=O)c2cnc(N3CCN(Cc4ccccc4)CC3)cn2)cc1. The van der Waals surface area contributed by atoms with Crippen LogP contribution in [0.5, 0.6) is 0 Å². The van der Waals surface area contributed by atoms with Crippen molar-refractivity contribution in [2.75, 3.05) is 36.4 Å². The molecule has 1 aliphatic heterocycles. The van der Waals surface area contributed by atoms with Gasteiger partial charge in [-0.15, -0.1) is 0 Å². The number of aromatic nitrogens is 2. The zero-order valence-electron chi connectivity index (χ0n) is 16.6. The Labute approximate surface area is 171 Å². The molecular formula is C23H25N5O. The van der Waals surface area contributed by atoms with Crippen molar-refractivity contribution < 1.29 is 4.79 Å². The lowest BCUT2D eigenvalue weighted by molar-refractivity contribution is 0.102. The summed E-state index contributed by atoms with van der Waals surface area (Å²) in [5, 5.41) is 2.85. The first-order valence-corrected chi connectivity index (χ1v) is 9.89. The van der Waals surface area contributed by atoms with Gasteiger partial charge in [0.05, 0.1) is 12.4 Å². The molecule has 0 bridgehead atoms. The van der Waals surface area contributed by atoms with Crippen molar-refractivity contribution >= 4 is 17.4 Å². The van der Waals surface area contributed by atoms with Crippen LogP contribution < -0.4 is 10.2 Å². The van der Waals surface area contributed by atoms with Crippen LogP contribution in [0.25, 0.3) is 0 Å². The second-order valence-electron chi connectivity index (χ2n) is 7.33. The van der Waals surface area contributed by atoms with Gasteiger partial charge in [-0.3, -0.25) is 9.69 Å². The van der Waals surface area contributed by atoms with Crippen LogP contribution in [-0.4, -0.2) is 47.0 Å². The summed E-state index contributed by atoms with van der Waals surface area (Å²) in [6.45, 7) is 6.74. The van der Waals surface area contributed by atoms with Gasteiger partial charge in [-0.05, 0) is 24.6 Å². The van der Waals surface area contributed by atoms with Crippen molar-refractivity contribution in [2.45, 2.75) is 13.5 Å². The molecular weight excluding hydrogens is 362 g/mol. The van der Waals surface area contributed by atoms with Gasteiger partial charge in [-0.2, -0.15) is 0 Å². The number of rotatable bonds is 5. The quantitative estimate of drug-likeness (QED) is 0.727. The number of piperazine rings is 1. The lowest BCUT2D eigenvalue weighted by Gasteiger charge is -2.35. The summed E-state index contributed by atoms with van der Waals surface area (Å²) in [6, 6.07) is 18.2. The Morgan fingerprint density at radius 1 is 0.931 bits per heavy atom. The van der Waals surface area contributed by atoms with Gasteiger partial charge in [0, 0.05) is 38.4 Å². The predicted octanol–water partition coefficient (Wildman–Crippen LogP) is 3.36. The largest absolute Gasteiger partial charge is 0.353 e. The number of benzene rings is 2. The van der Waals surface area contributed by atoms with Crippen molar-refractivity contribution in [3.63, 3.8) is 0 Å². The van der Waals surface area contributed by atoms with E-state index in [-0.39, 0.29) is 5.91 Å². The molecule has 29 heavy (non-hydrogen) atoms. The van der Waals surface area contributed by atoms with Gasteiger partial charge in [0.25, 0.3) is 5.91 Å². The van der Waals surface area contributed by atoms with Gasteiger partial charge in [0.2, 0.25) is 0 Å². The fraction of sp³-hybridized carbons (Fsp3) is 0.261. The summed E-state index contributed by atoms with van der Waals surface area (Å²) in [6.07, 6.45) is 3.24. The topological polar surface area (TPSA) is 61.4 Å². The summed E-state index contributed by atoms with van der Waals surface area (Å²) in [7, 11) is 0. The van der Waals surface area contributed by atoms with E-state index in [1.54, 1.807) is 12.4 Å². The van der Waals surface area contributed by atoms with Gasteiger partial charge in [0.15, 0.2) is 0 Å². The van der Waals surface area contributed by atoms with E-state index in [1.165, 1.54) is 5.56 Å². The second kappa shape index (κ2) is 8.84. The van der Waals surface area contributed by atoms with Gasteiger partial charge in [-0.1, -0.05) is 48.0 Å². The van der Waals surface area contributed by atoms with Gasteiger partial charge >= 0.3 is 0 Å². The summed E-state index contributed by atoms with van der Waals surface area (Å²) in [5.41, 5.74) is 3.55. The molecule has 148 valence electrons. The predicted molar refractivity (Wildman–Crippen MR) is 115 cm³/mol. The highest BCUT2D eigenvalue weighted by Crippen LogP contribution is 2.15. The molecule has 2 aromatic carbocycles. The minimum absolute atomic E-state index is 0.249. The van der Waals surface area contributed by atoms with Gasteiger partial charge < -0.3 is 10.2 Å². The molecule has 1 aliphatic rings. The van der Waals surface area contributed by atoms with Crippen LogP contribution in [0.1, 0.15) is 21.6 Å². The Kier molecular flexibility index (Phi) is 5.81. The van der Waals surface area contributed by atoms with E-state index >= 15 is 0 Å². The minimum Gasteiger partial charge on any atom is -0.353 e. The third kappa shape index (κ3) is 4.97. The number of hydrogen-bond acceptors (Lipinski definition) is 5. The molecule has 0 aliphatic carbocycles. The monoisotopic (exact) mass is 387 g/mol. The molecule has 1 fully saturated rings. The van der Waals surface area contributed by atoms with E-state index in [2.05, 4.69) is 49.4 Å². The Morgan fingerprint density at radius 2 is 1.66 bits per heavy atom. The molecule has 1 saturated heterocycles. The fourth-order valence-corrected chi connectivity index (χ4v) is 3.41. The molecule has 0 radical (unpaired) electrons. The van der Waals surface area contributed by atoms with Crippen LogP contribution >= 0.6 is 0 Å². The highest BCUT2D eigenvalue weighted by molar-refractivity contribution is 6.02. The van der Waals surface area contributed by atoms with Gasteiger partial charge in [0.1, 0.15) is 11.5 Å². The molecule has 0 atom stereocenters. The molecule has 0 saturated carbocycles. The van der Waals surface area contributed by atoms with E-state index in [9.17, 15) is 4.79 Å². The number of nitrogens with zero attached hydrogens (tertiary/aromatic N) is 4. The van der Waals surface area contributed by atoms with E-state index < -0.39 is 0 Å². The van der Waals surface area contributed by atoms with Crippen molar-refractivity contribution in [1.82, 2.24) is 14.9 Å². The number of nitrogens with one attached hydrogen (secondary N) is 1. The van der Waals surface area contributed by atoms with E-state index in [0.717, 1.165) is 49.8 Å². The van der Waals surface area contributed by atoms with Crippen molar-refractivity contribution in [3.8, 4) is 0 Å². The third-order valence-corrected chi connectivity index (χ3v) is 5.13. The number of aryl methyl sites for hydroxylation is 1. The van der Waals surface area contributed by atoms with Gasteiger partial charge in [-0.25, -0.2) is 9.97 Å². The highest BCUT2D eigenvalue weighted by Gasteiger charge is 2.19. The van der Waals surface area contributed by atoms with Crippen LogP contribution in [0.3, 0.4) is 0 Å². The number of carbonyl (C=O) groups is 1. The van der Waals surface area contributed by atoms with Crippen LogP contribution in [-0.2, 0) is 6.54 Å². The summed E-state index contributed by atoms with van der Waals surface area (Å²) < 4.78 is 0. The normalized spacial score (nSPS) is 14.6. The van der Waals surface area contributed by atoms with Crippen LogP contribution in [0.2, 0.25) is 0 Å². The Balaban J connectivity index is 1.31. The van der Waals surface area contributed by atoms with E-state index in [0.29, 0.717) is 5.69 Å². The molecule has 0 spiro atoms. The lowest BCUT2D eigenvalue weighted by Crippen LogP contribution is -2.46. The van der Waals surface area contributed by atoms with E-state index in [4.69, 9.17) is 0 Å². The first kappa shape index (κ1) is 19.1. The lowest BCUT2D eigenvalue weighted by atomic mass is 10.2. The highest BCUT2D eigenvalue weighted by atomic mass is 16.1. The van der Waals surface area contributed by atoms with E-state index in [1.807, 2.05) is 37.3 Å². The molecule has 1 N–H and O–H groups in total. The number of anilines is 2. The molecule has 6 nitrogen and oxygen atoms in total. The Hall–Kier alpha value is -3.25. The molecule has 6 heteroatoms. The summed E-state index contributed by atoms with van der Waals surface area (Å²) >= 11 is 0. The average Bonchev–Trinajstić information content (AvgIpc) is 2.77. The summed E-state index contributed by atoms with van der Waals surface area (Å²) in [5.74, 6) is 0.567. The standard InChI is InChI=1S/C23H25N5O/c1-18-7-9-20(10-8-18)26-23(29)21-15-25-22(16-24-21)28-13-11-27(12-14-28)17-19-5-3-2-4-6-19/h2-10,15-16H,11-14,17H2,1H3,(H,26,29). The maximum Gasteiger partial charge on any atom is 0.275 e. The third-order valence-electron chi connectivity index (χ3n) is 5.13. The number of amides is 1. The molecule has 1 aromatic heterocycles. The maximum absolute atomic E-state index is 12.4. The molecule has 0 unspecified atom stereocenters. The zero-order chi connectivity index (χ0) is 20.1. The van der Waals surface area contributed by atoms with Crippen molar-refractivity contribution in [2.24, 2.45) is 0 Å². The number of carbonyl (C=O) groups excluding carboxylic acids is 1. The first-order valence-electron chi connectivity index (χ1n) is 9.89. The fourth-order valence-electron chi connectivity index (χ4n) is 3.41. The zero-order valence-corrected chi connectivity index (χ0v) is 16.6. The van der Waals surface area contributed by atoms with Crippen molar-refractivity contribution in [1.29, 1.82) is 0 Å². The first-order chi connectivity index (χ1) is 14.2. The Morgan fingerprint density at radius 3 is 2.31 bits per heavy atom. The Bertz CT molecular complexity index is 933. The van der Waals surface area contributed by atoms with Crippen LogP contribution in [0.15, 0.2) is 67.0 Å². The van der Waals surface area contributed by atoms with Crippen LogP contribution in [0, 0.1) is 6.92 Å². The molecule has 1 amide bonds. The summed E-state index contributed by atoms with van der Waals surface area (Å²) in [4.78, 5) is 25.8. The number of hydrogen-bond donors (Lipinski definition) is 1. The maximum atomic E-state index is 12.4.